The molecular weight excluding hydrogens is 510 g/mol. The highest BCUT2D eigenvalue weighted by Crippen LogP contribution is 2.37. The van der Waals surface area contributed by atoms with Crippen LogP contribution in [0.1, 0.15) is 33.7 Å². The molecule has 0 saturated carbocycles. The third-order valence-corrected chi connectivity index (χ3v) is 6.16. The highest BCUT2D eigenvalue weighted by atomic mass is 79.9. The number of carbonyl (C=O) groups excluding carboxylic acids is 1. The molecule has 172 valence electrons. The fourth-order valence-electron chi connectivity index (χ4n) is 4.00. The van der Waals surface area contributed by atoms with Crippen molar-refractivity contribution < 1.29 is 9.53 Å². The van der Waals surface area contributed by atoms with Crippen LogP contribution in [0, 0.1) is 0 Å². The summed E-state index contributed by atoms with van der Waals surface area (Å²) in [6.07, 6.45) is 5.43. The van der Waals surface area contributed by atoms with Gasteiger partial charge < -0.3 is 14.2 Å². The monoisotopic (exact) mass is 531 g/mol. The van der Waals surface area contributed by atoms with E-state index in [1.807, 2.05) is 57.0 Å². The molecule has 1 aliphatic rings. The highest BCUT2D eigenvalue weighted by Gasteiger charge is 2.36. The number of rotatable bonds is 3. The molecule has 0 N–H and O–H groups in total. The average Bonchev–Trinajstić information content (AvgIpc) is 3.26. The summed E-state index contributed by atoms with van der Waals surface area (Å²) in [6, 6.07) is 2.06. The summed E-state index contributed by atoms with van der Waals surface area (Å²) >= 11 is 9.76. The molecule has 4 aromatic heterocycles. The Bertz CT molecular complexity index is 1390. The lowest BCUT2D eigenvalue weighted by Crippen LogP contribution is -2.52. The van der Waals surface area contributed by atoms with Crippen LogP contribution in [0.25, 0.3) is 33.2 Å². The quantitative estimate of drug-likeness (QED) is 0.270. The van der Waals surface area contributed by atoms with E-state index in [4.69, 9.17) is 16.3 Å². The molecule has 1 amide bonds. The number of hydrogen-bond donors (Lipinski definition) is 0. The average molecular weight is 533 g/mol. The van der Waals surface area contributed by atoms with E-state index in [1.165, 1.54) is 0 Å². The van der Waals surface area contributed by atoms with E-state index in [0.717, 1.165) is 16.5 Å². The third kappa shape index (κ3) is 4.06. The van der Waals surface area contributed by atoms with Gasteiger partial charge in [-0.1, -0.05) is 0 Å². The van der Waals surface area contributed by atoms with Gasteiger partial charge in [0.1, 0.15) is 26.9 Å². The number of likely N-dealkylation sites (tertiary alicyclic amines) is 1. The summed E-state index contributed by atoms with van der Waals surface area (Å²) in [5.41, 5.74) is 3.37. The molecule has 11 heteroatoms. The molecule has 9 nitrogen and oxygen atoms in total. The first-order valence-corrected chi connectivity index (χ1v) is 11.8. The summed E-state index contributed by atoms with van der Waals surface area (Å²) in [5.74, 6) is 0. The number of aromatic nitrogens is 6. The van der Waals surface area contributed by atoms with Gasteiger partial charge in [0.15, 0.2) is 0 Å². The minimum atomic E-state index is -0.523. The number of fused-ring (bicyclic) bond motifs is 2. The molecule has 0 unspecified atom stereocenters. The van der Waals surface area contributed by atoms with Crippen LogP contribution in [0.3, 0.4) is 0 Å². The van der Waals surface area contributed by atoms with Crippen molar-refractivity contribution in [3.8, 4) is 11.3 Å². The van der Waals surface area contributed by atoms with E-state index in [-0.39, 0.29) is 17.4 Å². The van der Waals surface area contributed by atoms with Gasteiger partial charge in [-0.25, -0.2) is 19.7 Å². The van der Waals surface area contributed by atoms with Crippen molar-refractivity contribution in [2.75, 3.05) is 13.1 Å². The van der Waals surface area contributed by atoms with E-state index in [2.05, 4.69) is 40.5 Å². The van der Waals surface area contributed by atoms with Gasteiger partial charge in [0.05, 0.1) is 24.0 Å². The minimum Gasteiger partial charge on any atom is -0.444 e. The SMILES string of the molecule is CCn1cc2nc(Cl)nc(-c3cn(C4CN(C(=O)OC(C)(C)C)C4)c4cnc(Br)cc34)c2n1. The molecule has 0 bridgehead atoms. The predicted molar refractivity (Wildman–Crippen MR) is 129 cm³/mol. The van der Waals surface area contributed by atoms with E-state index in [0.29, 0.717) is 41.0 Å². The summed E-state index contributed by atoms with van der Waals surface area (Å²) in [5, 5.41) is 5.80. The van der Waals surface area contributed by atoms with Gasteiger partial charge in [0.25, 0.3) is 0 Å². The van der Waals surface area contributed by atoms with Crippen molar-refractivity contribution in [1.29, 1.82) is 0 Å². The second-order valence-electron chi connectivity index (χ2n) is 9.07. The Morgan fingerprint density at radius 2 is 2.03 bits per heavy atom. The highest BCUT2D eigenvalue weighted by molar-refractivity contribution is 9.10. The molecule has 0 aliphatic carbocycles. The molecule has 0 atom stereocenters. The first kappa shape index (κ1) is 22.1. The molecule has 4 aromatic rings. The van der Waals surface area contributed by atoms with E-state index >= 15 is 0 Å². The number of nitrogens with zero attached hydrogens (tertiary/aromatic N) is 7. The standard InChI is InChI=1S/C22H23BrClN7O2/c1-5-30-11-15-19(28-30)18(27-20(24)26-15)14-10-31(16-7-25-17(23)6-13(14)16)12-8-29(9-12)21(32)33-22(2,3)4/h6-7,10-12H,5,8-9H2,1-4H3. The van der Waals surface area contributed by atoms with Gasteiger partial charge in [-0.15, -0.1) is 0 Å². The fraction of sp³-hybridized carbons (Fsp3) is 0.409. The molecule has 1 aliphatic heterocycles. The Morgan fingerprint density at radius 3 is 2.73 bits per heavy atom. The van der Waals surface area contributed by atoms with Crippen molar-refractivity contribution in [3.63, 3.8) is 0 Å². The normalized spacial score (nSPS) is 14.8. The molecule has 5 rings (SSSR count). The van der Waals surface area contributed by atoms with Crippen molar-refractivity contribution in [2.45, 2.75) is 45.9 Å². The summed E-state index contributed by atoms with van der Waals surface area (Å²) < 4.78 is 10.2. The zero-order valence-corrected chi connectivity index (χ0v) is 21.1. The maximum atomic E-state index is 12.4. The third-order valence-electron chi connectivity index (χ3n) is 5.56. The van der Waals surface area contributed by atoms with Crippen molar-refractivity contribution in [2.24, 2.45) is 0 Å². The Hall–Kier alpha value is -2.72. The number of halogens is 2. The Morgan fingerprint density at radius 1 is 1.27 bits per heavy atom. The Balaban J connectivity index is 1.57. The van der Waals surface area contributed by atoms with E-state index in [9.17, 15) is 4.79 Å². The van der Waals surface area contributed by atoms with Gasteiger partial charge in [-0.05, 0) is 61.3 Å². The van der Waals surface area contributed by atoms with Crippen LogP contribution >= 0.6 is 27.5 Å². The lowest BCUT2D eigenvalue weighted by atomic mass is 10.1. The lowest BCUT2D eigenvalue weighted by Gasteiger charge is -2.40. The molecule has 5 heterocycles. The molecule has 0 radical (unpaired) electrons. The predicted octanol–water partition coefficient (Wildman–Crippen LogP) is 5.07. The summed E-state index contributed by atoms with van der Waals surface area (Å²) in [6.45, 7) is 9.44. The summed E-state index contributed by atoms with van der Waals surface area (Å²) in [4.78, 5) is 27.4. The molecule has 1 saturated heterocycles. The topological polar surface area (TPSA) is 91.0 Å². The van der Waals surface area contributed by atoms with Crippen molar-refractivity contribution >= 4 is 55.6 Å². The molecule has 0 aromatic carbocycles. The molecule has 33 heavy (non-hydrogen) atoms. The number of amides is 1. The number of carbonyl (C=O) groups is 1. The molecule has 0 spiro atoms. The van der Waals surface area contributed by atoms with Gasteiger partial charge in [0, 0.05) is 36.8 Å². The lowest BCUT2D eigenvalue weighted by molar-refractivity contribution is 0.00158. The van der Waals surface area contributed by atoms with Crippen LogP contribution in [-0.4, -0.2) is 59.0 Å². The second-order valence-corrected chi connectivity index (χ2v) is 10.2. The maximum Gasteiger partial charge on any atom is 0.410 e. The fourth-order valence-corrected chi connectivity index (χ4v) is 4.51. The maximum absolute atomic E-state index is 12.4. The van der Waals surface area contributed by atoms with Crippen LogP contribution in [0.15, 0.2) is 29.3 Å². The van der Waals surface area contributed by atoms with Gasteiger partial charge in [-0.3, -0.25) is 4.68 Å². The number of ether oxygens (including phenoxy) is 1. The van der Waals surface area contributed by atoms with Gasteiger partial charge in [-0.2, -0.15) is 5.10 Å². The number of pyridine rings is 1. The zero-order valence-electron chi connectivity index (χ0n) is 18.7. The summed E-state index contributed by atoms with van der Waals surface area (Å²) in [7, 11) is 0. The second kappa shape index (κ2) is 7.95. The van der Waals surface area contributed by atoms with Crippen LogP contribution < -0.4 is 0 Å². The van der Waals surface area contributed by atoms with Crippen LogP contribution in [0.2, 0.25) is 5.28 Å². The van der Waals surface area contributed by atoms with Gasteiger partial charge >= 0.3 is 6.09 Å². The number of hydrogen-bond acceptors (Lipinski definition) is 6. The minimum absolute atomic E-state index is 0.0951. The van der Waals surface area contributed by atoms with Crippen LogP contribution in [0.4, 0.5) is 4.79 Å². The Kier molecular flexibility index (Phi) is 5.32. The first-order chi connectivity index (χ1) is 15.6. The van der Waals surface area contributed by atoms with E-state index in [1.54, 1.807) is 4.90 Å². The van der Waals surface area contributed by atoms with Crippen molar-refractivity contribution in [3.05, 3.63) is 34.5 Å². The largest absolute Gasteiger partial charge is 0.444 e. The van der Waals surface area contributed by atoms with Crippen LogP contribution in [-0.2, 0) is 11.3 Å². The molecular formula is C22H23BrClN7O2. The van der Waals surface area contributed by atoms with Crippen molar-refractivity contribution in [1.82, 2.24) is 34.2 Å². The van der Waals surface area contributed by atoms with E-state index < -0.39 is 5.60 Å². The number of aryl methyl sites for hydroxylation is 1. The zero-order chi connectivity index (χ0) is 23.5. The molecule has 1 fully saturated rings. The van der Waals surface area contributed by atoms with Crippen LogP contribution in [0.5, 0.6) is 0 Å². The van der Waals surface area contributed by atoms with Gasteiger partial charge in [0.2, 0.25) is 5.28 Å². The smallest absolute Gasteiger partial charge is 0.410 e. The Labute approximate surface area is 203 Å². The first-order valence-electron chi connectivity index (χ1n) is 10.7.